The third-order valence-electron chi connectivity index (χ3n) is 8.08. The minimum absolute atomic E-state index is 0.571. The van der Waals surface area contributed by atoms with Crippen LogP contribution in [0.25, 0.3) is 28.0 Å². The molecule has 2 atom stereocenters. The summed E-state index contributed by atoms with van der Waals surface area (Å²) in [6.45, 7) is 4.68. The van der Waals surface area contributed by atoms with Crippen LogP contribution >= 0.6 is 0 Å². The van der Waals surface area contributed by atoms with Crippen molar-refractivity contribution in [1.29, 1.82) is 0 Å². The first-order valence-electron chi connectivity index (χ1n) is 13.4. The van der Waals surface area contributed by atoms with Crippen molar-refractivity contribution in [1.82, 2.24) is 30.1 Å². The van der Waals surface area contributed by atoms with Crippen molar-refractivity contribution >= 4 is 10.9 Å². The van der Waals surface area contributed by atoms with Crippen LogP contribution < -0.4 is 0 Å². The molecular formula is C29H38N6. The van der Waals surface area contributed by atoms with Crippen molar-refractivity contribution in [3.05, 3.63) is 60.3 Å². The second-order valence-electron chi connectivity index (χ2n) is 10.1. The number of nitrogens with one attached hydrogen (secondary N) is 1. The molecule has 4 aromatic rings. The average Bonchev–Trinajstić information content (AvgIpc) is 3.57. The number of H-pyrrole nitrogens is 1. The summed E-state index contributed by atoms with van der Waals surface area (Å²) in [4.78, 5) is 2.70. The summed E-state index contributed by atoms with van der Waals surface area (Å²) in [7, 11) is 2.37. The molecule has 0 spiro atoms. The first kappa shape index (κ1) is 23.7. The summed E-state index contributed by atoms with van der Waals surface area (Å²) in [6, 6.07) is 18.4. The average molecular weight is 471 g/mol. The van der Waals surface area contributed by atoms with Gasteiger partial charge >= 0.3 is 0 Å². The number of hydrogen-bond acceptors (Lipinski definition) is 4. The number of benzene rings is 2. The van der Waals surface area contributed by atoms with E-state index in [4.69, 9.17) is 0 Å². The van der Waals surface area contributed by atoms with Crippen LogP contribution in [0.15, 0.2) is 54.7 Å². The maximum atomic E-state index is 4.46. The third-order valence-corrected chi connectivity index (χ3v) is 8.08. The zero-order valence-corrected chi connectivity index (χ0v) is 21.3. The van der Waals surface area contributed by atoms with Gasteiger partial charge < -0.3 is 4.90 Å². The molecule has 5 rings (SSSR count). The Morgan fingerprint density at radius 1 is 1.00 bits per heavy atom. The molecule has 1 aliphatic carbocycles. The van der Waals surface area contributed by atoms with Crippen LogP contribution in [0.3, 0.4) is 0 Å². The quantitative estimate of drug-likeness (QED) is 0.294. The molecule has 6 nitrogen and oxygen atoms in total. The van der Waals surface area contributed by atoms with Gasteiger partial charge in [0.1, 0.15) is 11.4 Å². The molecule has 0 radical (unpaired) electrons. The second-order valence-corrected chi connectivity index (χ2v) is 10.1. The van der Waals surface area contributed by atoms with Crippen molar-refractivity contribution in [2.45, 2.75) is 83.2 Å². The van der Waals surface area contributed by atoms with E-state index in [1.807, 2.05) is 29.1 Å². The van der Waals surface area contributed by atoms with Crippen LogP contribution in [0.2, 0.25) is 0 Å². The molecule has 2 aromatic carbocycles. The summed E-state index contributed by atoms with van der Waals surface area (Å²) in [5, 5.41) is 17.4. The fraction of sp³-hybridized carbons (Fsp3) is 0.483. The topological polar surface area (TPSA) is 62.6 Å². The summed E-state index contributed by atoms with van der Waals surface area (Å²) in [5.41, 5.74) is 5.06. The maximum Gasteiger partial charge on any atom is 0.134 e. The van der Waals surface area contributed by atoms with E-state index in [0.717, 1.165) is 40.4 Å². The Labute approximate surface area is 208 Å². The number of para-hydroxylation sites is 1. The van der Waals surface area contributed by atoms with Gasteiger partial charge in [0.2, 0.25) is 0 Å². The molecule has 0 amide bonds. The third kappa shape index (κ3) is 5.03. The van der Waals surface area contributed by atoms with Gasteiger partial charge in [-0.15, -0.1) is 5.10 Å². The van der Waals surface area contributed by atoms with E-state index in [2.05, 4.69) is 76.6 Å². The fourth-order valence-corrected chi connectivity index (χ4v) is 5.83. The summed E-state index contributed by atoms with van der Waals surface area (Å²) < 4.78 is 1.84. The van der Waals surface area contributed by atoms with E-state index in [1.165, 1.54) is 50.5 Å². The Morgan fingerprint density at radius 3 is 2.51 bits per heavy atom. The SMILES string of the molecule is CC[C@H](C[C@H](CC)N(C)C1CCCCC1)c1ccc(-n2cc(-c3n[nH]c4ccccc34)nn2)cc1. The molecule has 1 fully saturated rings. The van der Waals surface area contributed by atoms with Crippen LogP contribution in [0.5, 0.6) is 0 Å². The number of fused-ring (bicyclic) bond motifs is 1. The van der Waals surface area contributed by atoms with Crippen LogP contribution in [0.1, 0.15) is 76.7 Å². The van der Waals surface area contributed by atoms with Crippen LogP contribution in [0, 0.1) is 0 Å². The normalized spacial score (nSPS) is 16.7. The molecular weight excluding hydrogens is 432 g/mol. The van der Waals surface area contributed by atoms with E-state index >= 15 is 0 Å². The lowest BCUT2D eigenvalue weighted by Gasteiger charge is -2.38. The van der Waals surface area contributed by atoms with E-state index < -0.39 is 0 Å². The Hall–Kier alpha value is -2.99. The lowest BCUT2D eigenvalue weighted by molar-refractivity contribution is 0.122. The highest BCUT2D eigenvalue weighted by Gasteiger charge is 2.26. The summed E-state index contributed by atoms with van der Waals surface area (Å²) >= 11 is 0. The zero-order valence-electron chi connectivity index (χ0n) is 21.3. The van der Waals surface area contributed by atoms with Crippen molar-refractivity contribution in [3.63, 3.8) is 0 Å². The van der Waals surface area contributed by atoms with Gasteiger partial charge in [0.15, 0.2) is 0 Å². The van der Waals surface area contributed by atoms with Gasteiger partial charge in [0.05, 0.1) is 17.4 Å². The highest BCUT2D eigenvalue weighted by Crippen LogP contribution is 2.31. The number of aromatic nitrogens is 5. The molecule has 6 heteroatoms. The number of rotatable bonds is 9. The minimum Gasteiger partial charge on any atom is -0.300 e. The van der Waals surface area contributed by atoms with Crippen molar-refractivity contribution in [3.8, 4) is 17.1 Å². The van der Waals surface area contributed by atoms with Crippen molar-refractivity contribution in [2.75, 3.05) is 7.05 Å². The highest BCUT2D eigenvalue weighted by molar-refractivity contribution is 5.91. The number of hydrogen-bond donors (Lipinski definition) is 1. The number of aromatic amines is 1. The largest absolute Gasteiger partial charge is 0.300 e. The van der Waals surface area contributed by atoms with E-state index in [1.54, 1.807) is 0 Å². The van der Waals surface area contributed by atoms with Crippen LogP contribution in [-0.4, -0.2) is 49.2 Å². The van der Waals surface area contributed by atoms with Gasteiger partial charge in [-0.05, 0) is 68.8 Å². The summed E-state index contributed by atoms with van der Waals surface area (Å²) in [6.07, 6.45) is 12.5. The Kier molecular flexibility index (Phi) is 7.28. The molecule has 2 heterocycles. The molecule has 0 aliphatic heterocycles. The molecule has 0 bridgehead atoms. The van der Waals surface area contributed by atoms with Crippen molar-refractivity contribution < 1.29 is 0 Å². The highest BCUT2D eigenvalue weighted by atomic mass is 15.4. The van der Waals surface area contributed by atoms with Gasteiger partial charge in [-0.3, -0.25) is 5.10 Å². The Bertz CT molecular complexity index is 1220. The molecule has 1 saturated carbocycles. The first-order chi connectivity index (χ1) is 17.2. The second kappa shape index (κ2) is 10.7. The molecule has 35 heavy (non-hydrogen) atoms. The van der Waals surface area contributed by atoms with Gasteiger partial charge in [-0.25, -0.2) is 4.68 Å². The molecule has 1 aliphatic rings. The molecule has 0 unspecified atom stereocenters. The predicted octanol–water partition coefficient (Wildman–Crippen LogP) is 6.74. The maximum absolute atomic E-state index is 4.46. The first-order valence-corrected chi connectivity index (χ1v) is 13.4. The summed E-state index contributed by atoms with van der Waals surface area (Å²) in [5.74, 6) is 0.571. The minimum atomic E-state index is 0.571. The van der Waals surface area contributed by atoms with Gasteiger partial charge in [0, 0.05) is 17.5 Å². The van der Waals surface area contributed by atoms with Gasteiger partial charge in [0.25, 0.3) is 0 Å². The predicted molar refractivity (Wildman–Crippen MR) is 143 cm³/mol. The van der Waals surface area contributed by atoms with Crippen molar-refractivity contribution in [2.24, 2.45) is 0 Å². The molecule has 1 N–H and O–H groups in total. The lowest BCUT2D eigenvalue weighted by Crippen LogP contribution is -2.41. The Balaban J connectivity index is 1.29. The van der Waals surface area contributed by atoms with E-state index in [-0.39, 0.29) is 0 Å². The smallest absolute Gasteiger partial charge is 0.134 e. The monoisotopic (exact) mass is 470 g/mol. The molecule has 2 aromatic heterocycles. The van der Waals surface area contributed by atoms with Crippen LogP contribution in [-0.2, 0) is 0 Å². The van der Waals surface area contributed by atoms with Gasteiger partial charge in [-0.1, -0.05) is 68.7 Å². The lowest BCUT2D eigenvalue weighted by atomic mass is 9.86. The van der Waals surface area contributed by atoms with E-state index in [9.17, 15) is 0 Å². The Morgan fingerprint density at radius 2 is 1.77 bits per heavy atom. The van der Waals surface area contributed by atoms with Gasteiger partial charge in [-0.2, -0.15) is 5.10 Å². The fourth-order valence-electron chi connectivity index (χ4n) is 5.83. The van der Waals surface area contributed by atoms with E-state index in [0.29, 0.717) is 12.0 Å². The molecule has 0 saturated heterocycles. The zero-order chi connectivity index (χ0) is 24.2. The molecule has 184 valence electrons. The number of nitrogens with zero attached hydrogens (tertiary/aromatic N) is 5. The standard InChI is InChI=1S/C29H38N6/c1-4-21(19-23(5-2)34(3)24-11-7-6-8-12-24)22-15-17-25(18-16-22)35-20-28(31-33-35)29-26-13-9-10-14-27(26)30-32-29/h9-10,13-18,20-21,23-24H,4-8,11-12,19H2,1-3H3,(H,30,32)/t21-,23+/m1/s1. The van der Waals surface area contributed by atoms with Crippen LogP contribution in [0.4, 0.5) is 0 Å².